The molecule has 5 nitrogen and oxygen atoms in total. The summed E-state index contributed by atoms with van der Waals surface area (Å²) in [5, 5.41) is 2.76. The summed E-state index contributed by atoms with van der Waals surface area (Å²) < 4.78 is 28.3. The first-order valence-corrected chi connectivity index (χ1v) is 10.4. The zero-order valence-electron chi connectivity index (χ0n) is 14.4. The summed E-state index contributed by atoms with van der Waals surface area (Å²) >= 11 is 3.31. The maximum atomic E-state index is 12.5. The van der Waals surface area contributed by atoms with Crippen LogP contribution >= 0.6 is 15.9 Å². The van der Waals surface area contributed by atoms with Crippen molar-refractivity contribution in [2.45, 2.75) is 11.8 Å². The molecule has 3 rings (SSSR count). The number of rotatable bonds is 5. The lowest BCUT2D eigenvalue weighted by Crippen LogP contribution is -2.14. The first kappa shape index (κ1) is 19.1. The van der Waals surface area contributed by atoms with E-state index in [1.807, 2.05) is 19.1 Å². The molecule has 138 valence electrons. The summed E-state index contributed by atoms with van der Waals surface area (Å²) in [4.78, 5) is 12.4. The van der Waals surface area contributed by atoms with E-state index in [0.29, 0.717) is 16.9 Å². The van der Waals surface area contributed by atoms with Gasteiger partial charge >= 0.3 is 0 Å². The van der Waals surface area contributed by atoms with Gasteiger partial charge in [0.2, 0.25) is 0 Å². The Hall–Kier alpha value is -2.64. The highest BCUT2D eigenvalue weighted by atomic mass is 79.9. The quantitative estimate of drug-likeness (QED) is 0.592. The number of hydrogen-bond donors (Lipinski definition) is 2. The number of aryl methyl sites for hydroxylation is 1. The second-order valence-corrected chi connectivity index (χ2v) is 8.56. The van der Waals surface area contributed by atoms with Crippen molar-refractivity contribution < 1.29 is 13.2 Å². The van der Waals surface area contributed by atoms with Crippen LogP contribution in [0.5, 0.6) is 0 Å². The van der Waals surface area contributed by atoms with E-state index in [-0.39, 0.29) is 10.8 Å². The molecule has 0 unspecified atom stereocenters. The molecule has 2 N–H and O–H groups in total. The SMILES string of the molecule is Cc1cccc(C(=O)Nc2ccc(S(=O)(=O)Nc3ccc(Br)cc3)cc2)c1. The Morgan fingerprint density at radius 3 is 2.15 bits per heavy atom. The molecule has 0 fully saturated rings. The highest BCUT2D eigenvalue weighted by molar-refractivity contribution is 9.10. The Bertz CT molecular complexity index is 1060. The predicted octanol–water partition coefficient (Wildman–Crippen LogP) is 4.81. The van der Waals surface area contributed by atoms with Gasteiger partial charge in [0.1, 0.15) is 0 Å². The average Bonchev–Trinajstić information content (AvgIpc) is 2.64. The van der Waals surface area contributed by atoms with Crippen molar-refractivity contribution in [2.75, 3.05) is 10.0 Å². The van der Waals surface area contributed by atoms with Crippen molar-refractivity contribution in [3.63, 3.8) is 0 Å². The smallest absolute Gasteiger partial charge is 0.261 e. The molecule has 0 heterocycles. The van der Waals surface area contributed by atoms with Crippen LogP contribution in [0.15, 0.2) is 82.2 Å². The second kappa shape index (κ2) is 7.94. The summed E-state index contributed by atoms with van der Waals surface area (Å²) in [6.07, 6.45) is 0. The summed E-state index contributed by atoms with van der Waals surface area (Å²) in [6, 6.07) is 20.1. The Balaban J connectivity index is 1.72. The van der Waals surface area contributed by atoms with Crippen molar-refractivity contribution in [3.05, 3.63) is 88.4 Å². The monoisotopic (exact) mass is 444 g/mol. The molecule has 3 aromatic rings. The lowest BCUT2D eigenvalue weighted by Gasteiger charge is -2.10. The van der Waals surface area contributed by atoms with E-state index < -0.39 is 10.0 Å². The molecule has 0 atom stereocenters. The molecule has 0 spiro atoms. The molecule has 0 aromatic heterocycles. The highest BCUT2D eigenvalue weighted by Crippen LogP contribution is 2.20. The third kappa shape index (κ3) is 4.96. The third-order valence-electron chi connectivity index (χ3n) is 3.80. The van der Waals surface area contributed by atoms with Gasteiger partial charge in [-0.25, -0.2) is 8.42 Å². The lowest BCUT2D eigenvalue weighted by atomic mass is 10.1. The second-order valence-electron chi connectivity index (χ2n) is 5.96. The van der Waals surface area contributed by atoms with Crippen molar-refractivity contribution in [1.82, 2.24) is 0 Å². The molecular weight excluding hydrogens is 428 g/mol. The fourth-order valence-corrected chi connectivity index (χ4v) is 3.76. The minimum atomic E-state index is -3.71. The lowest BCUT2D eigenvalue weighted by molar-refractivity contribution is 0.102. The van der Waals surface area contributed by atoms with Gasteiger partial charge < -0.3 is 5.32 Å². The van der Waals surface area contributed by atoms with Gasteiger partial charge in [0.25, 0.3) is 15.9 Å². The molecule has 0 aliphatic carbocycles. The molecule has 0 saturated carbocycles. The zero-order valence-corrected chi connectivity index (χ0v) is 16.8. The minimum Gasteiger partial charge on any atom is -0.322 e. The predicted molar refractivity (Wildman–Crippen MR) is 111 cm³/mol. The van der Waals surface area contributed by atoms with Crippen LogP contribution in [0.25, 0.3) is 0 Å². The van der Waals surface area contributed by atoms with Gasteiger partial charge in [-0.15, -0.1) is 0 Å². The fourth-order valence-electron chi connectivity index (χ4n) is 2.44. The number of halogens is 1. The van der Waals surface area contributed by atoms with Crippen LogP contribution in [0.2, 0.25) is 0 Å². The van der Waals surface area contributed by atoms with Gasteiger partial charge in [-0.1, -0.05) is 33.6 Å². The number of benzene rings is 3. The number of nitrogens with one attached hydrogen (secondary N) is 2. The minimum absolute atomic E-state index is 0.110. The zero-order chi connectivity index (χ0) is 19.4. The number of amides is 1. The van der Waals surface area contributed by atoms with E-state index in [1.165, 1.54) is 12.1 Å². The first-order chi connectivity index (χ1) is 12.8. The van der Waals surface area contributed by atoms with E-state index in [9.17, 15) is 13.2 Å². The Morgan fingerprint density at radius 1 is 0.889 bits per heavy atom. The average molecular weight is 445 g/mol. The van der Waals surface area contributed by atoms with E-state index in [4.69, 9.17) is 0 Å². The Labute approximate surface area is 166 Å². The van der Waals surface area contributed by atoms with Crippen LogP contribution in [0, 0.1) is 6.92 Å². The van der Waals surface area contributed by atoms with Crippen LogP contribution in [0.3, 0.4) is 0 Å². The first-order valence-electron chi connectivity index (χ1n) is 8.10. The topological polar surface area (TPSA) is 75.3 Å². The summed E-state index contributed by atoms with van der Waals surface area (Å²) in [7, 11) is -3.71. The third-order valence-corrected chi connectivity index (χ3v) is 5.73. The molecule has 1 amide bonds. The van der Waals surface area contributed by atoms with Crippen LogP contribution in [0.1, 0.15) is 15.9 Å². The maximum absolute atomic E-state index is 12.5. The number of anilines is 2. The highest BCUT2D eigenvalue weighted by Gasteiger charge is 2.14. The molecule has 0 aliphatic rings. The van der Waals surface area contributed by atoms with E-state index in [2.05, 4.69) is 26.0 Å². The largest absolute Gasteiger partial charge is 0.322 e. The number of carbonyl (C=O) groups excluding carboxylic acids is 1. The van der Waals surface area contributed by atoms with Gasteiger partial charge in [-0.3, -0.25) is 9.52 Å². The summed E-state index contributed by atoms with van der Waals surface area (Å²) in [6.45, 7) is 1.91. The normalized spacial score (nSPS) is 11.0. The van der Waals surface area contributed by atoms with Gasteiger partial charge in [0.15, 0.2) is 0 Å². The van der Waals surface area contributed by atoms with Crippen LogP contribution in [-0.4, -0.2) is 14.3 Å². The molecule has 7 heteroatoms. The molecule has 0 radical (unpaired) electrons. The molecule has 3 aromatic carbocycles. The van der Waals surface area contributed by atoms with Crippen LogP contribution in [0.4, 0.5) is 11.4 Å². The van der Waals surface area contributed by atoms with Crippen LogP contribution < -0.4 is 10.0 Å². The van der Waals surface area contributed by atoms with Crippen molar-refractivity contribution in [3.8, 4) is 0 Å². The maximum Gasteiger partial charge on any atom is 0.261 e. The van der Waals surface area contributed by atoms with Crippen molar-refractivity contribution in [1.29, 1.82) is 0 Å². The van der Waals surface area contributed by atoms with Gasteiger partial charge in [0.05, 0.1) is 4.90 Å². The van der Waals surface area contributed by atoms with Gasteiger partial charge in [-0.05, 0) is 67.6 Å². The standard InChI is InChI=1S/C20H17BrN2O3S/c1-14-3-2-4-15(13-14)20(24)22-17-9-11-19(12-10-17)27(25,26)23-18-7-5-16(21)6-8-18/h2-13,23H,1H3,(H,22,24). The van der Waals surface area contributed by atoms with Crippen molar-refractivity contribution in [2.24, 2.45) is 0 Å². The van der Waals surface area contributed by atoms with Gasteiger partial charge in [-0.2, -0.15) is 0 Å². The van der Waals surface area contributed by atoms with Crippen molar-refractivity contribution >= 4 is 43.2 Å². The Kier molecular flexibility index (Phi) is 5.62. The van der Waals surface area contributed by atoms with E-state index in [0.717, 1.165) is 10.0 Å². The molecule has 0 bridgehead atoms. The van der Waals surface area contributed by atoms with Crippen LogP contribution in [-0.2, 0) is 10.0 Å². The number of sulfonamides is 1. The van der Waals surface area contributed by atoms with E-state index in [1.54, 1.807) is 48.5 Å². The molecule has 0 saturated heterocycles. The molecule has 0 aliphatic heterocycles. The summed E-state index contributed by atoms with van der Waals surface area (Å²) in [5.41, 5.74) is 2.52. The molecule has 27 heavy (non-hydrogen) atoms. The molecular formula is C20H17BrN2O3S. The fraction of sp³-hybridized carbons (Fsp3) is 0.0500. The Morgan fingerprint density at radius 2 is 1.52 bits per heavy atom. The summed E-state index contributed by atoms with van der Waals surface area (Å²) in [5.74, 6) is -0.248. The number of carbonyl (C=O) groups is 1. The van der Waals surface area contributed by atoms with E-state index >= 15 is 0 Å². The number of hydrogen-bond acceptors (Lipinski definition) is 3. The van der Waals surface area contributed by atoms with Gasteiger partial charge in [0, 0.05) is 21.4 Å².